The molecule has 0 aliphatic carbocycles. The van der Waals surface area contributed by atoms with Gasteiger partial charge in [-0.15, -0.1) is 11.3 Å². The molecule has 22 heavy (non-hydrogen) atoms. The number of aromatic nitrogens is 2. The van der Waals surface area contributed by atoms with Crippen molar-refractivity contribution in [2.45, 2.75) is 19.3 Å². The van der Waals surface area contributed by atoms with Gasteiger partial charge in [0.05, 0.1) is 4.88 Å². The summed E-state index contributed by atoms with van der Waals surface area (Å²) in [5.41, 5.74) is 0. The topological polar surface area (TPSA) is 62.5 Å². The molecule has 1 fully saturated rings. The van der Waals surface area contributed by atoms with Gasteiger partial charge in [-0.1, -0.05) is 11.2 Å². The minimum absolute atomic E-state index is 0.172. The Labute approximate surface area is 133 Å². The van der Waals surface area contributed by atoms with Gasteiger partial charge in [-0.2, -0.15) is 4.98 Å². The zero-order chi connectivity index (χ0) is 15.4. The average Bonchev–Trinajstić information content (AvgIpc) is 3.15. The standard InChI is InChI=1S/C15H20N4O2S/c1-18-7-3-8-19(10-9-18)14(20)6-5-13-16-15(17-21-13)12-4-2-11-22-12/h2,4,11H,3,5-10H2,1H3. The van der Waals surface area contributed by atoms with E-state index < -0.39 is 0 Å². The average molecular weight is 320 g/mol. The van der Waals surface area contributed by atoms with Gasteiger partial charge in [0.25, 0.3) is 0 Å². The molecule has 1 aliphatic heterocycles. The third-order valence-corrected chi connectivity index (χ3v) is 4.70. The molecule has 1 saturated heterocycles. The summed E-state index contributed by atoms with van der Waals surface area (Å²) < 4.78 is 5.23. The molecule has 118 valence electrons. The number of hydrogen-bond acceptors (Lipinski definition) is 6. The van der Waals surface area contributed by atoms with Crippen LogP contribution < -0.4 is 0 Å². The van der Waals surface area contributed by atoms with Gasteiger partial charge in [0.2, 0.25) is 17.6 Å². The highest BCUT2D eigenvalue weighted by molar-refractivity contribution is 7.13. The fourth-order valence-corrected chi connectivity index (χ4v) is 3.18. The molecule has 0 N–H and O–H groups in total. The fourth-order valence-electron chi connectivity index (χ4n) is 2.53. The molecule has 0 bridgehead atoms. The van der Waals surface area contributed by atoms with E-state index in [1.165, 1.54) is 0 Å². The Kier molecular flexibility index (Phi) is 4.84. The Morgan fingerprint density at radius 1 is 1.36 bits per heavy atom. The molecule has 2 aromatic heterocycles. The molecule has 0 saturated carbocycles. The van der Waals surface area contributed by atoms with Gasteiger partial charge >= 0.3 is 0 Å². The fraction of sp³-hybridized carbons (Fsp3) is 0.533. The van der Waals surface area contributed by atoms with Crippen LogP contribution in [0.3, 0.4) is 0 Å². The molecule has 2 aromatic rings. The van der Waals surface area contributed by atoms with Gasteiger partial charge in [-0.3, -0.25) is 4.79 Å². The zero-order valence-electron chi connectivity index (χ0n) is 12.7. The molecule has 3 heterocycles. The number of carbonyl (C=O) groups is 1. The summed E-state index contributed by atoms with van der Waals surface area (Å²) in [7, 11) is 2.10. The van der Waals surface area contributed by atoms with Gasteiger partial charge in [0.15, 0.2) is 0 Å². The van der Waals surface area contributed by atoms with E-state index in [1.807, 2.05) is 22.4 Å². The van der Waals surface area contributed by atoms with Crippen molar-refractivity contribution in [1.82, 2.24) is 19.9 Å². The van der Waals surface area contributed by atoms with Gasteiger partial charge in [-0.25, -0.2) is 0 Å². The lowest BCUT2D eigenvalue weighted by Gasteiger charge is -2.20. The first-order valence-corrected chi connectivity index (χ1v) is 8.43. The maximum atomic E-state index is 12.3. The number of carbonyl (C=O) groups excluding carboxylic acids is 1. The Bertz CT molecular complexity index is 611. The molecule has 0 aromatic carbocycles. The Morgan fingerprint density at radius 2 is 2.27 bits per heavy atom. The first kappa shape index (κ1) is 15.2. The summed E-state index contributed by atoms with van der Waals surface area (Å²) in [6.07, 6.45) is 1.96. The predicted molar refractivity (Wildman–Crippen MR) is 84.6 cm³/mol. The molecule has 1 amide bonds. The number of hydrogen-bond donors (Lipinski definition) is 0. The largest absolute Gasteiger partial charge is 0.341 e. The smallest absolute Gasteiger partial charge is 0.227 e. The second kappa shape index (κ2) is 7.02. The number of rotatable bonds is 4. The normalized spacial score (nSPS) is 16.7. The highest BCUT2D eigenvalue weighted by Gasteiger charge is 2.18. The van der Waals surface area contributed by atoms with Crippen LogP contribution in [0.2, 0.25) is 0 Å². The zero-order valence-corrected chi connectivity index (χ0v) is 13.5. The number of amides is 1. The van der Waals surface area contributed by atoms with Crippen LogP contribution in [0.15, 0.2) is 22.0 Å². The lowest BCUT2D eigenvalue weighted by Crippen LogP contribution is -2.34. The van der Waals surface area contributed by atoms with Crippen LogP contribution in [0, 0.1) is 0 Å². The van der Waals surface area contributed by atoms with E-state index in [2.05, 4.69) is 22.1 Å². The van der Waals surface area contributed by atoms with E-state index in [0.717, 1.165) is 37.5 Å². The molecule has 1 aliphatic rings. The van der Waals surface area contributed by atoms with E-state index >= 15 is 0 Å². The Hall–Kier alpha value is -1.73. The monoisotopic (exact) mass is 320 g/mol. The van der Waals surface area contributed by atoms with Crippen LogP contribution in [0.1, 0.15) is 18.7 Å². The third kappa shape index (κ3) is 3.72. The molecule has 3 rings (SSSR count). The molecule has 0 spiro atoms. The van der Waals surface area contributed by atoms with Crippen molar-refractivity contribution >= 4 is 17.2 Å². The van der Waals surface area contributed by atoms with Crippen molar-refractivity contribution in [1.29, 1.82) is 0 Å². The first-order valence-electron chi connectivity index (χ1n) is 7.55. The van der Waals surface area contributed by atoms with Gasteiger partial charge in [-0.05, 0) is 31.5 Å². The molecule has 6 nitrogen and oxygen atoms in total. The Balaban J connectivity index is 1.53. The molecule has 7 heteroatoms. The summed E-state index contributed by atoms with van der Waals surface area (Å²) in [6, 6.07) is 3.91. The van der Waals surface area contributed by atoms with Gasteiger partial charge in [0, 0.05) is 32.5 Å². The van der Waals surface area contributed by atoms with Gasteiger partial charge in [0.1, 0.15) is 0 Å². The van der Waals surface area contributed by atoms with E-state index in [-0.39, 0.29) is 5.91 Å². The number of thiophene rings is 1. The lowest BCUT2D eigenvalue weighted by atomic mass is 10.2. The maximum Gasteiger partial charge on any atom is 0.227 e. The SMILES string of the molecule is CN1CCCN(C(=O)CCc2nc(-c3cccs3)no2)CC1. The van der Waals surface area contributed by atoms with Crippen LogP contribution in [-0.2, 0) is 11.2 Å². The minimum atomic E-state index is 0.172. The quantitative estimate of drug-likeness (QED) is 0.861. The highest BCUT2D eigenvalue weighted by atomic mass is 32.1. The summed E-state index contributed by atoms with van der Waals surface area (Å²) in [5, 5.41) is 5.94. The van der Waals surface area contributed by atoms with Crippen molar-refractivity contribution < 1.29 is 9.32 Å². The predicted octanol–water partition coefficient (Wildman–Crippen LogP) is 1.89. The number of aryl methyl sites for hydroxylation is 1. The maximum absolute atomic E-state index is 12.3. The van der Waals surface area contributed by atoms with Crippen LogP contribution >= 0.6 is 11.3 Å². The first-order chi connectivity index (χ1) is 10.7. The van der Waals surface area contributed by atoms with Crippen molar-refractivity contribution in [3.63, 3.8) is 0 Å². The third-order valence-electron chi connectivity index (χ3n) is 3.83. The van der Waals surface area contributed by atoms with Crippen LogP contribution in [0.4, 0.5) is 0 Å². The summed E-state index contributed by atoms with van der Waals surface area (Å²) in [4.78, 5) is 21.8. The molecular weight excluding hydrogens is 300 g/mol. The molecular formula is C15H20N4O2S. The van der Waals surface area contributed by atoms with Crippen molar-refractivity contribution in [2.75, 3.05) is 33.2 Å². The summed E-state index contributed by atoms with van der Waals surface area (Å²) in [6.45, 7) is 3.64. The van der Waals surface area contributed by atoms with E-state index in [9.17, 15) is 4.79 Å². The number of nitrogens with zero attached hydrogens (tertiary/aromatic N) is 4. The van der Waals surface area contributed by atoms with Crippen LogP contribution in [-0.4, -0.2) is 59.1 Å². The summed E-state index contributed by atoms with van der Waals surface area (Å²) >= 11 is 1.57. The second-order valence-electron chi connectivity index (χ2n) is 5.53. The van der Waals surface area contributed by atoms with E-state index in [1.54, 1.807) is 11.3 Å². The van der Waals surface area contributed by atoms with Crippen molar-refractivity contribution in [3.8, 4) is 10.7 Å². The summed E-state index contributed by atoms with van der Waals surface area (Å²) in [5.74, 6) is 1.31. The highest BCUT2D eigenvalue weighted by Crippen LogP contribution is 2.21. The molecule has 0 atom stereocenters. The van der Waals surface area contributed by atoms with Gasteiger partial charge < -0.3 is 14.3 Å². The number of likely N-dealkylation sites (N-methyl/N-ethyl adjacent to an activating group) is 1. The van der Waals surface area contributed by atoms with Crippen molar-refractivity contribution in [2.24, 2.45) is 0 Å². The molecule has 0 unspecified atom stereocenters. The van der Waals surface area contributed by atoms with Crippen LogP contribution in [0.5, 0.6) is 0 Å². The minimum Gasteiger partial charge on any atom is -0.341 e. The lowest BCUT2D eigenvalue weighted by molar-refractivity contribution is -0.131. The second-order valence-corrected chi connectivity index (χ2v) is 6.47. The van der Waals surface area contributed by atoms with Crippen LogP contribution in [0.25, 0.3) is 10.7 Å². The molecule has 0 radical (unpaired) electrons. The van der Waals surface area contributed by atoms with E-state index in [4.69, 9.17) is 4.52 Å². The van der Waals surface area contributed by atoms with Crippen molar-refractivity contribution in [3.05, 3.63) is 23.4 Å². The Morgan fingerprint density at radius 3 is 3.09 bits per heavy atom. The van der Waals surface area contributed by atoms with E-state index in [0.29, 0.717) is 24.6 Å².